The van der Waals surface area contributed by atoms with Crippen LogP contribution in [0.4, 0.5) is 4.48 Å². The molecule has 0 spiro atoms. The lowest BCUT2D eigenvalue weighted by molar-refractivity contribution is -0.00274. The van der Waals surface area contributed by atoms with E-state index < -0.39 is 0 Å². The monoisotopic (exact) mass is 129 g/mol. The van der Waals surface area contributed by atoms with Crippen LogP contribution in [0.1, 0.15) is 12.8 Å². The predicted octanol–water partition coefficient (Wildman–Crippen LogP) is 1.77. The van der Waals surface area contributed by atoms with Crippen molar-refractivity contribution in [1.29, 1.82) is 0 Å². The Bertz CT molecular complexity index is 95.1. The number of piperidine rings is 1. The molecular formula is C7H12FN. The highest BCUT2D eigenvalue weighted by Gasteiger charge is 2.15. The molecule has 1 heterocycles. The van der Waals surface area contributed by atoms with Gasteiger partial charge in [-0.1, -0.05) is 6.08 Å². The Kier molecular flexibility index (Phi) is 2.22. The Hall–Kier alpha value is -0.370. The summed E-state index contributed by atoms with van der Waals surface area (Å²) in [6, 6.07) is 0. The van der Waals surface area contributed by atoms with E-state index in [-0.39, 0.29) is 0 Å². The van der Waals surface area contributed by atoms with Gasteiger partial charge >= 0.3 is 0 Å². The molecule has 1 rings (SSSR count). The molecular weight excluding hydrogens is 117 g/mol. The minimum atomic E-state index is 0.553. The molecule has 52 valence electrons. The van der Waals surface area contributed by atoms with E-state index in [4.69, 9.17) is 0 Å². The van der Waals surface area contributed by atoms with Crippen LogP contribution >= 0.6 is 0 Å². The number of hydrogen-bond acceptors (Lipinski definition) is 1. The molecule has 1 fully saturated rings. The summed E-state index contributed by atoms with van der Waals surface area (Å²) < 4.78 is 12.3. The Morgan fingerprint density at radius 1 is 1.44 bits per heavy atom. The van der Waals surface area contributed by atoms with Gasteiger partial charge in [0, 0.05) is 13.1 Å². The van der Waals surface area contributed by atoms with Crippen LogP contribution < -0.4 is 0 Å². The van der Waals surface area contributed by atoms with Crippen LogP contribution in [0.2, 0.25) is 0 Å². The number of hydrogen-bond donors (Lipinski definition) is 0. The van der Waals surface area contributed by atoms with Gasteiger partial charge in [-0.25, -0.2) is 0 Å². The third-order valence-corrected chi connectivity index (χ3v) is 1.82. The van der Waals surface area contributed by atoms with Crippen LogP contribution in [-0.2, 0) is 0 Å². The molecule has 1 aliphatic rings. The minimum absolute atomic E-state index is 0.553. The predicted molar refractivity (Wildman–Crippen MR) is 35.6 cm³/mol. The van der Waals surface area contributed by atoms with E-state index >= 15 is 0 Å². The molecule has 0 aliphatic carbocycles. The van der Waals surface area contributed by atoms with E-state index in [1.165, 1.54) is 0 Å². The lowest BCUT2D eigenvalue weighted by atomic mass is 9.99. The molecule has 0 bridgehead atoms. The average Bonchev–Trinajstić information content (AvgIpc) is 1.90. The van der Waals surface area contributed by atoms with Crippen molar-refractivity contribution < 1.29 is 4.48 Å². The summed E-state index contributed by atoms with van der Waals surface area (Å²) in [6.07, 6.45) is 3.78. The lowest BCUT2D eigenvalue weighted by Gasteiger charge is -2.22. The first-order valence-electron chi connectivity index (χ1n) is 3.36. The summed E-state index contributed by atoms with van der Waals surface area (Å²) in [5, 5.41) is 0.875. The maximum atomic E-state index is 12.3. The van der Waals surface area contributed by atoms with E-state index in [1.54, 1.807) is 0 Å². The molecule has 2 heteroatoms. The zero-order chi connectivity index (χ0) is 6.69. The van der Waals surface area contributed by atoms with Crippen molar-refractivity contribution >= 4 is 0 Å². The summed E-state index contributed by atoms with van der Waals surface area (Å²) in [4.78, 5) is 0. The fourth-order valence-corrected chi connectivity index (χ4v) is 1.10. The van der Waals surface area contributed by atoms with E-state index in [0.717, 1.165) is 18.0 Å². The first-order valence-corrected chi connectivity index (χ1v) is 3.36. The number of halogens is 1. The highest BCUT2D eigenvalue weighted by Crippen LogP contribution is 2.17. The van der Waals surface area contributed by atoms with E-state index in [2.05, 4.69) is 6.58 Å². The van der Waals surface area contributed by atoms with Crippen LogP contribution in [0.3, 0.4) is 0 Å². The molecule has 0 N–H and O–H groups in total. The molecule has 1 aliphatic heterocycles. The molecule has 0 aromatic rings. The normalized spacial score (nSPS) is 24.1. The lowest BCUT2D eigenvalue weighted by Crippen LogP contribution is -2.26. The molecule has 0 aromatic carbocycles. The van der Waals surface area contributed by atoms with Gasteiger partial charge in [0.15, 0.2) is 0 Å². The van der Waals surface area contributed by atoms with Gasteiger partial charge in [0.25, 0.3) is 0 Å². The molecule has 0 radical (unpaired) electrons. The molecule has 1 nitrogen and oxygen atoms in total. The zero-order valence-corrected chi connectivity index (χ0v) is 5.52. The largest absolute Gasteiger partial charge is 0.146 e. The van der Waals surface area contributed by atoms with Crippen molar-refractivity contribution in [1.82, 2.24) is 5.12 Å². The van der Waals surface area contributed by atoms with Gasteiger partial charge in [-0.3, -0.25) is 0 Å². The van der Waals surface area contributed by atoms with E-state index in [9.17, 15) is 4.48 Å². The second-order valence-electron chi connectivity index (χ2n) is 2.48. The molecule has 0 saturated carbocycles. The molecule has 0 aromatic heterocycles. The topological polar surface area (TPSA) is 3.24 Å². The van der Waals surface area contributed by atoms with Gasteiger partial charge < -0.3 is 0 Å². The fourth-order valence-electron chi connectivity index (χ4n) is 1.10. The van der Waals surface area contributed by atoms with Crippen molar-refractivity contribution in [2.45, 2.75) is 12.8 Å². The SMILES string of the molecule is C=CC1CCN(F)CC1. The van der Waals surface area contributed by atoms with Crippen LogP contribution in [-0.4, -0.2) is 18.2 Å². The van der Waals surface area contributed by atoms with Gasteiger partial charge in [0.05, 0.1) is 0 Å². The smallest absolute Gasteiger partial charge is 0.0296 e. The van der Waals surface area contributed by atoms with E-state index in [0.29, 0.717) is 19.0 Å². The average molecular weight is 129 g/mol. The van der Waals surface area contributed by atoms with Crippen LogP contribution in [0.15, 0.2) is 12.7 Å². The quantitative estimate of drug-likeness (QED) is 0.385. The molecule has 9 heavy (non-hydrogen) atoms. The van der Waals surface area contributed by atoms with Gasteiger partial charge in [-0.05, 0) is 18.8 Å². The molecule has 0 atom stereocenters. The number of nitrogens with zero attached hydrogens (tertiary/aromatic N) is 1. The number of rotatable bonds is 1. The number of allylic oxidation sites excluding steroid dienone is 1. The second kappa shape index (κ2) is 2.97. The summed E-state index contributed by atoms with van der Waals surface area (Å²) in [5.41, 5.74) is 0. The van der Waals surface area contributed by atoms with Crippen molar-refractivity contribution in [2.75, 3.05) is 13.1 Å². The summed E-state index contributed by atoms with van der Waals surface area (Å²) in [7, 11) is 0. The zero-order valence-electron chi connectivity index (χ0n) is 5.52. The summed E-state index contributed by atoms with van der Waals surface area (Å²) >= 11 is 0. The van der Waals surface area contributed by atoms with Crippen LogP contribution in [0, 0.1) is 5.92 Å². The van der Waals surface area contributed by atoms with E-state index in [1.807, 2.05) is 6.08 Å². The second-order valence-corrected chi connectivity index (χ2v) is 2.48. The Morgan fingerprint density at radius 2 is 2.00 bits per heavy atom. The maximum absolute atomic E-state index is 12.3. The highest BCUT2D eigenvalue weighted by atomic mass is 19.2. The first-order chi connectivity index (χ1) is 4.33. The Balaban J connectivity index is 2.26. The summed E-state index contributed by atoms with van der Waals surface area (Å²) in [5.74, 6) is 0.553. The van der Waals surface area contributed by atoms with Crippen LogP contribution in [0.25, 0.3) is 0 Å². The molecule has 0 unspecified atom stereocenters. The Labute approximate surface area is 55.1 Å². The van der Waals surface area contributed by atoms with Gasteiger partial charge in [-0.2, -0.15) is 0 Å². The minimum Gasteiger partial charge on any atom is -0.146 e. The molecule has 0 amide bonds. The third-order valence-electron chi connectivity index (χ3n) is 1.82. The summed E-state index contributed by atoms with van der Waals surface area (Å²) in [6.45, 7) is 4.83. The first kappa shape index (κ1) is 6.75. The maximum Gasteiger partial charge on any atom is 0.0296 e. The van der Waals surface area contributed by atoms with Crippen LogP contribution in [0.5, 0.6) is 0 Å². The third kappa shape index (κ3) is 1.79. The van der Waals surface area contributed by atoms with Gasteiger partial charge in [0.1, 0.15) is 0 Å². The fraction of sp³-hybridized carbons (Fsp3) is 0.714. The van der Waals surface area contributed by atoms with Crippen molar-refractivity contribution in [3.8, 4) is 0 Å². The molecule has 1 saturated heterocycles. The standard InChI is InChI=1S/C7H12FN/c1-2-7-3-5-9(8)6-4-7/h2,7H,1,3-6H2. The van der Waals surface area contributed by atoms with Crippen molar-refractivity contribution in [3.63, 3.8) is 0 Å². The highest BCUT2D eigenvalue weighted by molar-refractivity contribution is 4.82. The van der Waals surface area contributed by atoms with Gasteiger partial charge in [0.2, 0.25) is 0 Å². The van der Waals surface area contributed by atoms with Gasteiger partial charge in [-0.15, -0.1) is 16.2 Å². The van der Waals surface area contributed by atoms with Crippen molar-refractivity contribution in [2.24, 2.45) is 5.92 Å². The Morgan fingerprint density at radius 3 is 2.44 bits per heavy atom. The van der Waals surface area contributed by atoms with Crippen molar-refractivity contribution in [3.05, 3.63) is 12.7 Å².